The number of aryl methyl sites for hydroxylation is 1. The molecule has 2 aromatic rings. The van der Waals surface area contributed by atoms with Crippen molar-refractivity contribution >= 4 is 0 Å². The Labute approximate surface area is 99.5 Å². The van der Waals surface area contributed by atoms with Crippen LogP contribution in [0.1, 0.15) is 11.4 Å². The third-order valence-electron chi connectivity index (χ3n) is 2.10. The predicted octanol–water partition coefficient (Wildman–Crippen LogP) is 1.77. The van der Waals surface area contributed by atoms with E-state index in [1.165, 1.54) is 7.11 Å². The average Bonchev–Trinajstić information content (AvgIpc) is 2.37. The molecular formula is C12H13N3O2. The summed E-state index contributed by atoms with van der Waals surface area (Å²) in [6.45, 7) is 2.19. The van der Waals surface area contributed by atoms with Crippen LogP contribution in [0.5, 0.6) is 12.0 Å². The van der Waals surface area contributed by atoms with Crippen molar-refractivity contribution < 1.29 is 9.47 Å². The second-order valence-electron chi connectivity index (χ2n) is 3.43. The molecule has 5 nitrogen and oxygen atoms in total. The number of hydrogen-bond acceptors (Lipinski definition) is 5. The number of benzene rings is 1. The smallest absolute Gasteiger partial charge is 0.323 e. The first-order chi connectivity index (χ1) is 8.28. The van der Waals surface area contributed by atoms with Gasteiger partial charge in [0.1, 0.15) is 12.4 Å². The van der Waals surface area contributed by atoms with Crippen LogP contribution in [0.25, 0.3) is 0 Å². The molecule has 0 unspecified atom stereocenters. The van der Waals surface area contributed by atoms with Crippen LogP contribution in [0.3, 0.4) is 0 Å². The summed E-state index contributed by atoms with van der Waals surface area (Å²) in [6.07, 6.45) is 0. The lowest BCUT2D eigenvalue weighted by atomic mass is 10.2. The largest absolute Gasteiger partial charge is 0.467 e. The predicted molar refractivity (Wildman–Crippen MR) is 61.9 cm³/mol. The van der Waals surface area contributed by atoms with Crippen LogP contribution in [0.4, 0.5) is 0 Å². The number of methoxy groups -OCH3 is 1. The van der Waals surface area contributed by atoms with Crippen LogP contribution in [-0.4, -0.2) is 22.1 Å². The summed E-state index contributed by atoms with van der Waals surface area (Å²) in [5, 5.41) is 0. The molecular weight excluding hydrogens is 218 g/mol. The highest BCUT2D eigenvalue weighted by molar-refractivity contribution is 5.14. The van der Waals surface area contributed by atoms with Gasteiger partial charge in [0.2, 0.25) is 0 Å². The van der Waals surface area contributed by atoms with Crippen molar-refractivity contribution in [2.75, 3.05) is 7.11 Å². The van der Waals surface area contributed by atoms with Crippen molar-refractivity contribution in [3.8, 4) is 12.0 Å². The lowest BCUT2D eigenvalue weighted by molar-refractivity contribution is 0.269. The molecule has 0 atom stereocenters. The Morgan fingerprint density at radius 3 is 2.41 bits per heavy atom. The van der Waals surface area contributed by atoms with Gasteiger partial charge in [-0.15, -0.1) is 4.98 Å². The molecule has 88 valence electrons. The number of hydrogen-bond donors (Lipinski definition) is 0. The maximum absolute atomic E-state index is 5.47. The maximum Gasteiger partial charge on any atom is 0.323 e. The van der Waals surface area contributed by atoms with Gasteiger partial charge in [0, 0.05) is 0 Å². The quantitative estimate of drug-likeness (QED) is 0.802. The van der Waals surface area contributed by atoms with Crippen molar-refractivity contribution in [3.63, 3.8) is 0 Å². The van der Waals surface area contributed by atoms with Crippen molar-refractivity contribution in [3.05, 3.63) is 41.7 Å². The molecule has 17 heavy (non-hydrogen) atoms. The molecule has 5 heteroatoms. The summed E-state index contributed by atoms with van der Waals surface area (Å²) in [4.78, 5) is 12.1. The number of rotatable bonds is 4. The fourth-order valence-electron chi connectivity index (χ4n) is 1.31. The van der Waals surface area contributed by atoms with E-state index in [1.54, 1.807) is 6.92 Å². The van der Waals surface area contributed by atoms with E-state index in [0.717, 1.165) is 5.56 Å². The number of ether oxygens (including phenoxy) is 2. The highest BCUT2D eigenvalue weighted by Gasteiger charge is 2.04. The molecule has 0 aliphatic heterocycles. The molecule has 1 aromatic heterocycles. The van der Waals surface area contributed by atoms with Crippen molar-refractivity contribution in [2.45, 2.75) is 13.5 Å². The van der Waals surface area contributed by atoms with Gasteiger partial charge in [-0.05, 0) is 12.5 Å². The SMILES string of the molecule is COc1nc(C)nc(OCc2ccccc2)n1. The molecule has 0 saturated carbocycles. The standard InChI is InChI=1S/C12H13N3O2/c1-9-13-11(16-2)15-12(14-9)17-8-10-6-4-3-5-7-10/h3-7H,8H2,1-2H3. The van der Waals surface area contributed by atoms with Crippen LogP contribution in [0, 0.1) is 6.92 Å². The third-order valence-corrected chi connectivity index (χ3v) is 2.10. The molecule has 1 aromatic carbocycles. The fraction of sp³-hybridized carbons (Fsp3) is 0.250. The minimum absolute atomic E-state index is 0.264. The first kappa shape index (κ1) is 11.3. The van der Waals surface area contributed by atoms with Gasteiger partial charge >= 0.3 is 12.0 Å². The summed E-state index contributed by atoms with van der Waals surface area (Å²) < 4.78 is 10.4. The summed E-state index contributed by atoms with van der Waals surface area (Å²) in [7, 11) is 1.51. The summed E-state index contributed by atoms with van der Waals surface area (Å²) >= 11 is 0. The molecule has 0 fully saturated rings. The van der Waals surface area contributed by atoms with Crippen LogP contribution >= 0.6 is 0 Å². The van der Waals surface area contributed by atoms with Gasteiger partial charge < -0.3 is 9.47 Å². The highest BCUT2D eigenvalue weighted by atomic mass is 16.5. The van der Waals surface area contributed by atoms with Gasteiger partial charge in [0.05, 0.1) is 7.11 Å². The molecule has 0 amide bonds. The first-order valence-corrected chi connectivity index (χ1v) is 5.21. The lowest BCUT2D eigenvalue weighted by Gasteiger charge is -2.05. The van der Waals surface area contributed by atoms with E-state index in [0.29, 0.717) is 12.4 Å². The minimum atomic E-state index is 0.264. The van der Waals surface area contributed by atoms with Crippen molar-refractivity contribution in [2.24, 2.45) is 0 Å². The monoisotopic (exact) mass is 231 g/mol. The van der Waals surface area contributed by atoms with E-state index < -0.39 is 0 Å². The Morgan fingerprint density at radius 2 is 1.71 bits per heavy atom. The third kappa shape index (κ3) is 3.14. The van der Waals surface area contributed by atoms with Crippen LogP contribution in [0.15, 0.2) is 30.3 Å². The van der Waals surface area contributed by atoms with Crippen molar-refractivity contribution in [1.82, 2.24) is 15.0 Å². The highest BCUT2D eigenvalue weighted by Crippen LogP contribution is 2.10. The lowest BCUT2D eigenvalue weighted by Crippen LogP contribution is -2.03. The molecule has 0 radical (unpaired) electrons. The second kappa shape index (κ2) is 5.25. The molecule has 0 aliphatic rings. The molecule has 0 aliphatic carbocycles. The van der Waals surface area contributed by atoms with Gasteiger partial charge in [-0.1, -0.05) is 30.3 Å². The molecule has 0 saturated heterocycles. The molecule has 0 spiro atoms. The minimum Gasteiger partial charge on any atom is -0.467 e. The van der Waals surface area contributed by atoms with Gasteiger partial charge in [0.15, 0.2) is 0 Å². The van der Waals surface area contributed by atoms with E-state index in [1.807, 2.05) is 30.3 Å². The van der Waals surface area contributed by atoms with E-state index in [2.05, 4.69) is 15.0 Å². The van der Waals surface area contributed by atoms with E-state index >= 15 is 0 Å². The van der Waals surface area contributed by atoms with E-state index in [-0.39, 0.29) is 12.0 Å². The molecule has 0 N–H and O–H groups in total. The Kier molecular flexibility index (Phi) is 3.49. The Bertz CT molecular complexity index is 488. The average molecular weight is 231 g/mol. The van der Waals surface area contributed by atoms with Gasteiger partial charge in [-0.2, -0.15) is 9.97 Å². The van der Waals surface area contributed by atoms with Crippen LogP contribution in [0.2, 0.25) is 0 Å². The zero-order valence-electron chi connectivity index (χ0n) is 9.75. The Balaban J connectivity index is 2.06. The Hall–Kier alpha value is -2.17. The number of aromatic nitrogens is 3. The first-order valence-electron chi connectivity index (χ1n) is 5.21. The van der Waals surface area contributed by atoms with E-state index in [9.17, 15) is 0 Å². The fourth-order valence-corrected chi connectivity index (χ4v) is 1.31. The molecule has 2 rings (SSSR count). The van der Waals surface area contributed by atoms with E-state index in [4.69, 9.17) is 9.47 Å². The zero-order chi connectivity index (χ0) is 12.1. The normalized spacial score (nSPS) is 10.0. The van der Waals surface area contributed by atoms with Gasteiger partial charge in [-0.25, -0.2) is 0 Å². The second-order valence-corrected chi connectivity index (χ2v) is 3.43. The topological polar surface area (TPSA) is 57.1 Å². The number of nitrogens with zero attached hydrogens (tertiary/aromatic N) is 3. The maximum atomic E-state index is 5.47. The molecule has 0 bridgehead atoms. The van der Waals surface area contributed by atoms with Crippen LogP contribution < -0.4 is 9.47 Å². The van der Waals surface area contributed by atoms with Crippen molar-refractivity contribution in [1.29, 1.82) is 0 Å². The summed E-state index contributed by atoms with van der Waals surface area (Å²) in [5.74, 6) is 0.569. The Morgan fingerprint density at radius 1 is 1.00 bits per heavy atom. The van der Waals surface area contributed by atoms with Gasteiger partial charge in [0.25, 0.3) is 0 Å². The molecule has 1 heterocycles. The zero-order valence-corrected chi connectivity index (χ0v) is 9.75. The summed E-state index contributed by atoms with van der Waals surface area (Å²) in [5.41, 5.74) is 1.06. The van der Waals surface area contributed by atoms with Crippen LogP contribution in [-0.2, 0) is 6.61 Å². The van der Waals surface area contributed by atoms with Gasteiger partial charge in [-0.3, -0.25) is 0 Å². The summed E-state index contributed by atoms with van der Waals surface area (Å²) in [6, 6.07) is 10.4.